The lowest BCUT2D eigenvalue weighted by Gasteiger charge is -2.31. The molecule has 1 aromatic carbocycles. The van der Waals surface area contributed by atoms with Crippen LogP contribution in [0.15, 0.2) is 34.9 Å². The Morgan fingerprint density at radius 2 is 2.15 bits per heavy atom. The highest BCUT2D eigenvalue weighted by Gasteiger charge is 2.16. The van der Waals surface area contributed by atoms with Crippen molar-refractivity contribution in [2.24, 2.45) is 0 Å². The van der Waals surface area contributed by atoms with Crippen molar-refractivity contribution in [1.29, 1.82) is 0 Å². The number of piperazine rings is 1. The van der Waals surface area contributed by atoms with E-state index in [-0.39, 0.29) is 0 Å². The molecule has 2 N–H and O–H groups in total. The molecule has 0 radical (unpaired) electrons. The highest BCUT2D eigenvalue weighted by atomic mass is 79.9. The summed E-state index contributed by atoms with van der Waals surface area (Å²) in [7, 11) is 0. The molecule has 2 heterocycles. The molecule has 4 nitrogen and oxygen atoms in total. The number of imidazole rings is 1. The van der Waals surface area contributed by atoms with Gasteiger partial charge in [-0.2, -0.15) is 0 Å². The summed E-state index contributed by atoms with van der Waals surface area (Å²) in [6.45, 7) is 6.33. The first-order valence-electron chi connectivity index (χ1n) is 6.96. The van der Waals surface area contributed by atoms with Crippen LogP contribution in [0.25, 0.3) is 11.3 Å². The van der Waals surface area contributed by atoms with Crippen molar-refractivity contribution >= 4 is 15.9 Å². The van der Waals surface area contributed by atoms with Crippen LogP contribution >= 0.6 is 15.9 Å². The molecule has 2 aromatic rings. The van der Waals surface area contributed by atoms with Crippen LogP contribution in [0.2, 0.25) is 0 Å². The van der Waals surface area contributed by atoms with E-state index in [2.05, 4.69) is 55.2 Å². The zero-order chi connectivity index (χ0) is 13.9. The maximum Gasteiger partial charge on any atom is 0.120 e. The number of nitrogens with one attached hydrogen (secondary N) is 2. The van der Waals surface area contributed by atoms with E-state index in [9.17, 15) is 0 Å². The van der Waals surface area contributed by atoms with Crippen molar-refractivity contribution in [3.05, 3.63) is 40.8 Å². The van der Waals surface area contributed by atoms with Gasteiger partial charge in [0.15, 0.2) is 0 Å². The van der Waals surface area contributed by atoms with E-state index < -0.39 is 0 Å². The number of hydrogen-bond acceptors (Lipinski definition) is 3. The lowest BCUT2D eigenvalue weighted by Crippen LogP contribution is -2.48. The quantitative estimate of drug-likeness (QED) is 0.906. The molecule has 0 bridgehead atoms. The van der Waals surface area contributed by atoms with E-state index in [4.69, 9.17) is 0 Å². The molecule has 1 aliphatic heterocycles. The SMILES string of the molecule is C[C@H]1CN(Cc2ncc(-c3ccc(Br)cc3)[nH]2)CCN1. The minimum absolute atomic E-state index is 0.560. The monoisotopic (exact) mass is 334 g/mol. The third-order valence-corrected chi connectivity index (χ3v) is 4.14. The third-order valence-electron chi connectivity index (χ3n) is 3.61. The fourth-order valence-corrected chi connectivity index (χ4v) is 2.85. The lowest BCUT2D eigenvalue weighted by atomic mass is 10.2. The molecule has 106 valence electrons. The molecule has 0 saturated carbocycles. The zero-order valence-corrected chi connectivity index (χ0v) is 13.2. The number of nitrogens with zero attached hydrogens (tertiary/aromatic N) is 2. The molecule has 1 aliphatic rings. The van der Waals surface area contributed by atoms with Crippen molar-refractivity contribution in [2.75, 3.05) is 19.6 Å². The van der Waals surface area contributed by atoms with Gasteiger partial charge >= 0.3 is 0 Å². The Morgan fingerprint density at radius 3 is 2.90 bits per heavy atom. The maximum absolute atomic E-state index is 4.50. The Kier molecular flexibility index (Phi) is 4.19. The average molecular weight is 335 g/mol. The standard InChI is InChI=1S/C15H19BrN4/c1-11-9-20(7-6-17-11)10-15-18-8-14(19-15)12-2-4-13(16)5-3-12/h2-5,8,11,17H,6-7,9-10H2,1H3,(H,18,19)/t11-/m0/s1. The molecule has 0 spiro atoms. The number of aromatic nitrogens is 2. The van der Waals surface area contributed by atoms with E-state index in [1.165, 1.54) is 5.56 Å². The summed E-state index contributed by atoms with van der Waals surface area (Å²) in [6.07, 6.45) is 1.92. The number of rotatable bonds is 3. The number of aromatic amines is 1. The van der Waals surface area contributed by atoms with Crippen LogP contribution < -0.4 is 5.32 Å². The largest absolute Gasteiger partial charge is 0.341 e. The van der Waals surface area contributed by atoms with E-state index in [1.54, 1.807) is 0 Å². The fraction of sp³-hybridized carbons (Fsp3) is 0.400. The Bertz CT molecular complexity index is 564. The minimum Gasteiger partial charge on any atom is -0.341 e. The predicted molar refractivity (Wildman–Crippen MR) is 84.5 cm³/mol. The van der Waals surface area contributed by atoms with Gasteiger partial charge < -0.3 is 10.3 Å². The van der Waals surface area contributed by atoms with Gasteiger partial charge in [-0.05, 0) is 24.6 Å². The van der Waals surface area contributed by atoms with Crippen molar-refractivity contribution in [1.82, 2.24) is 20.2 Å². The van der Waals surface area contributed by atoms with Gasteiger partial charge in [-0.3, -0.25) is 4.90 Å². The summed E-state index contributed by atoms with van der Waals surface area (Å²) in [5, 5.41) is 3.46. The number of H-pyrrole nitrogens is 1. The first-order valence-corrected chi connectivity index (χ1v) is 7.75. The fourth-order valence-electron chi connectivity index (χ4n) is 2.59. The van der Waals surface area contributed by atoms with E-state index in [0.29, 0.717) is 6.04 Å². The van der Waals surface area contributed by atoms with Gasteiger partial charge in [-0.15, -0.1) is 0 Å². The Hall–Kier alpha value is -1.17. The predicted octanol–water partition coefficient (Wildman–Crippen LogP) is 2.63. The van der Waals surface area contributed by atoms with Crippen molar-refractivity contribution in [2.45, 2.75) is 19.5 Å². The first-order chi connectivity index (χ1) is 9.70. The second kappa shape index (κ2) is 6.08. The van der Waals surface area contributed by atoms with Crippen LogP contribution in [0.5, 0.6) is 0 Å². The Morgan fingerprint density at radius 1 is 1.35 bits per heavy atom. The van der Waals surface area contributed by atoms with Crippen molar-refractivity contribution in [3.8, 4) is 11.3 Å². The molecule has 5 heteroatoms. The second-order valence-electron chi connectivity index (χ2n) is 5.34. The third kappa shape index (κ3) is 3.29. The molecule has 1 aromatic heterocycles. The van der Waals surface area contributed by atoms with Gasteiger partial charge in [0.05, 0.1) is 18.4 Å². The second-order valence-corrected chi connectivity index (χ2v) is 6.26. The number of halogens is 1. The number of benzene rings is 1. The maximum atomic E-state index is 4.50. The smallest absolute Gasteiger partial charge is 0.120 e. The average Bonchev–Trinajstić information content (AvgIpc) is 2.88. The lowest BCUT2D eigenvalue weighted by molar-refractivity contribution is 0.196. The number of hydrogen-bond donors (Lipinski definition) is 2. The van der Waals surface area contributed by atoms with Gasteiger partial charge in [-0.1, -0.05) is 28.1 Å². The van der Waals surface area contributed by atoms with E-state index in [1.807, 2.05) is 18.3 Å². The van der Waals surface area contributed by atoms with Crippen LogP contribution in [-0.4, -0.2) is 40.5 Å². The molecular weight excluding hydrogens is 316 g/mol. The molecule has 20 heavy (non-hydrogen) atoms. The molecule has 3 rings (SSSR count). The molecule has 1 fully saturated rings. The van der Waals surface area contributed by atoms with Gasteiger partial charge in [0, 0.05) is 30.1 Å². The molecule has 0 aliphatic carbocycles. The summed E-state index contributed by atoms with van der Waals surface area (Å²) < 4.78 is 1.09. The highest BCUT2D eigenvalue weighted by molar-refractivity contribution is 9.10. The summed E-state index contributed by atoms with van der Waals surface area (Å²) in [5.41, 5.74) is 2.25. The summed E-state index contributed by atoms with van der Waals surface area (Å²) >= 11 is 3.46. The summed E-state index contributed by atoms with van der Waals surface area (Å²) in [6, 6.07) is 8.84. The van der Waals surface area contributed by atoms with Gasteiger partial charge in [0.1, 0.15) is 5.82 Å². The Balaban J connectivity index is 1.69. The van der Waals surface area contributed by atoms with Crippen LogP contribution in [-0.2, 0) is 6.54 Å². The molecule has 0 unspecified atom stereocenters. The van der Waals surface area contributed by atoms with Gasteiger partial charge in [-0.25, -0.2) is 4.98 Å². The molecule has 1 atom stereocenters. The topological polar surface area (TPSA) is 44.0 Å². The normalized spacial score (nSPS) is 20.2. The van der Waals surface area contributed by atoms with E-state index in [0.717, 1.165) is 42.2 Å². The molecular formula is C15H19BrN4. The van der Waals surface area contributed by atoms with Crippen LogP contribution in [0.1, 0.15) is 12.7 Å². The Labute approximate surface area is 127 Å². The zero-order valence-electron chi connectivity index (χ0n) is 11.6. The van der Waals surface area contributed by atoms with Crippen LogP contribution in [0.3, 0.4) is 0 Å². The van der Waals surface area contributed by atoms with Crippen molar-refractivity contribution < 1.29 is 0 Å². The van der Waals surface area contributed by atoms with Crippen LogP contribution in [0.4, 0.5) is 0 Å². The summed E-state index contributed by atoms with van der Waals surface area (Å²) in [4.78, 5) is 10.4. The van der Waals surface area contributed by atoms with Crippen LogP contribution in [0, 0.1) is 0 Å². The molecule has 0 amide bonds. The van der Waals surface area contributed by atoms with E-state index >= 15 is 0 Å². The highest BCUT2D eigenvalue weighted by Crippen LogP contribution is 2.20. The first kappa shape index (κ1) is 13.8. The van der Waals surface area contributed by atoms with Gasteiger partial charge in [0.2, 0.25) is 0 Å². The van der Waals surface area contributed by atoms with Gasteiger partial charge in [0.25, 0.3) is 0 Å². The molecule has 1 saturated heterocycles. The summed E-state index contributed by atoms with van der Waals surface area (Å²) in [5.74, 6) is 1.04. The minimum atomic E-state index is 0.560. The van der Waals surface area contributed by atoms with Crippen molar-refractivity contribution in [3.63, 3.8) is 0 Å².